The summed E-state index contributed by atoms with van der Waals surface area (Å²) < 4.78 is 30.7. The zero-order valence-corrected chi connectivity index (χ0v) is 18.9. The van der Waals surface area contributed by atoms with E-state index in [1.807, 2.05) is 42.5 Å². The normalized spacial score (nSPS) is 11.6. The van der Waals surface area contributed by atoms with Crippen LogP contribution in [-0.4, -0.2) is 0 Å². The highest BCUT2D eigenvalue weighted by Gasteiger charge is 2.33. The van der Waals surface area contributed by atoms with Gasteiger partial charge in [-0.1, -0.05) is 92.7 Å². The lowest BCUT2D eigenvalue weighted by Gasteiger charge is -2.26. The summed E-state index contributed by atoms with van der Waals surface area (Å²) in [5.74, 6) is 1.19. The third-order valence-corrected chi connectivity index (χ3v) is 6.51. The second kappa shape index (κ2) is 9.33. The molecule has 0 heterocycles. The van der Waals surface area contributed by atoms with E-state index in [4.69, 9.17) is 13.6 Å². The third-order valence-electron chi connectivity index (χ3n) is 5.21. The Labute approximate surface area is 189 Å². The molecule has 0 N–H and O–H groups in total. The molecule has 162 valence electrons. The average Bonchev–Trinajstić information content (AvgIpc) is 2.81. The van der Waals surface area contributed by atoms with Crippen molar-refractivity contribution in [1.82, 2.24) is 0 Å². The van der Waals surface area contributed by atoms with Gasteiger partial charge in [-0.3, -0.25) is 0 Å². The molecule has 0 spiro atoms. The number of rotatable bonds is 8. The van der Waals surface area contributed by atoms with Gasteiger partial charge in [-0.25, -0.2) is 0 Å². The van der Waals surface area contributed by atoms with E-state index in [1.165, 1.54) is 5.56 Å². The Morgan fingerprint density at radius 3 is 1.28 bits per heavy atom. The van der Waals surface area contributed by atoms with E-state index in [-0.39, 0.29) is 5.41 Å². The molecule has 0 aliphatic carbocycles. The van der Waals surface area contributed by atoms with Gasteiger partial charge in [0.2, 0.25) is 0 Å². The van der Waals surface area contributed by atoms with Crippen LogP contribution in [0, 0.1) is 0 Å². The van der Waals surface area contributed by atoms with Crippen LogP contribution in [0.25, 0.3) is 0 Å². The summed E-state index contributed by atoms with van der Waals surface area (Å²) in [5.41, 5.74) is 2.13. The zero-order valence-electron chi connectivity index (χ0n) is 18.0. The first-order valence-corrected chi connectivity index (χ1v) is 11.9. The minimum atomic E-state index is -4.00. The molecular formula is C27H25O4P. The number of phosphoric ester groups is 1. The maximum absolute atomic E-state index is 13.6. The van der Waals surface area contributed by atoms with Crippen molar-refractivity contribution >= 4 is 7.82 Å². The fourth-order valence-electron chi connectivity index (χ4n) is 3.36. The van der Waals surface area contributed by atoms with E-state index >= 15 is 0 Å². The van der Waals surface area contributed by atoms with Crippen LogP contribution in [-0.2, 0) is 9.98 Å². The monoisotopic (exact) mass is 444 g/mol. The SMILES string of the molecule is CC(C)(c1ccccc1)c1ccc(OP(=O)(Oc2ccccc2)Oc2ccccc2)cc1. The maximum Gasteiger partial charge on any atom is 0.647 e. The molecule has 32 heavy (non-hydrogen) atoms. The summed E-state index contributed by atoms with van der Waals surface area (Å²) in [6.07, 6.45) is 0. The second-order valence-electron chi connectivity index (χ2n) is 7.86. The largest absolute Gasteiger partial charge is 0.647 e. The predicted molar refractivity (Wildman–Crippen MR) is 127 cm³/mol. The minimum Gasteiger partial charge on any atom is -0.386 e. The summed E-state index contributed by atoms with van der Waals surface area (Å²) in [5, 5.41) is 0. The number of para-hydroxylation sites is 2. The van der Waals surface area contributed by atoms with Gasteiger partial charge in [-0.2, -0.15) is 4.57 Å². The van der Waals surface area contributed by atoms with E-state index in [1.54, 1.807) is 60.7 Å². The lowest BCUT2D eigenvalue weighted by molar-refractivity contribution is 0.298. The molecule has 0 aromatic heterocycles. The minimum absolute atomic E-state index is 0.190. The van der Waals surface area contributed by atoms with E-state index in [2.05, 4.69) is 26.0 Å². The van der Waals surface area contributed by atoms with Crippen LogP contribution in [0.5, 0.6) is 17.2 Å². The molecule has 5 heteroatoms. The lowest BCUT2D eigenvalue weighted by Crippen LogP contribution is -2.18. The first-order valence-electron chi connectivity index (χ1n) is 10.4. The Morgan fingerprint density at radius 1 is 0.500 bits per heavy atom. The van der Waals surface area contributed by atoms with Crippen molar-refractivity contribution in [2.24, 2.45) is 0 Å². The number of hydrogen-bond acceptors (Lipinski definition) is 4. The summed E-state index contributed by atoms with van der Waals surface area (Å²) in [6.45, 7) is 4.33. The fraction of sp³-hybridized carbons (Fsp3) is 0.111. The molecule has 0 fully saturated rings. The molecule has 4 rings (SSSR count). The van der Waals surface area contributed by atoms with Crippen LogP contribution in [0.15, 0.2) is 115 Å². The third kappa shape index (κ3) is 5.22. The first-order chi connectivity index (χ1) is 15.4. The molecule has 0 saturated heterocycles. The molecule has 4 aromatic rings. The van der Waals surface area contributed by atoms with Gasteiger partial charge in [-0.05, 0) is 47.5 Å². The van der Waals surface area contributed by atoms with Gasteiger partial charge in [0.15, 0.2) is 0 Å². The van der Waals surface area contributed by atoms with Gasteiger partial charge in [0.05, 0.1) is 0 Å². The van der Waals surface area contributed by atoms with Crippen LogP contribution in [0.1, 0.15) is 25.0 Å². The molecule has 4 aromatic carbocycles. The standard InChI is InChI=1S/C27H25O4P/c1-27(2,22-12-6-3-7-13-22)23-18-20-26(21-19-23)31-32(28,29-24-14-8-4-9-15-24)30-25-16-10-5-11-17-25/h3-21H,1-2H3. The summed E-state index contributed by atoms with van der Waals surface area (Å²) in [4.78, 5) is 0. The Kier molecular flexibility index (Phi) is 6.34. The van der Waals surface area contributed by atoms with Crippen molar-refractivity contribution in [3.05, 3.63) is 126 Å². The number of hydrogen-bond donors (Lipinski definition) is 0. The molecule has 0 atom stereocenters. The first kappa shape index (κ1) is 21.7. The Balaban J connectivity index is 1.58. The van der Waals surface area contributed by atoms with E-state index in [0.29, 0.717) is 17.2 Å². The van der Waals surface area contributed by atoms with Crippen LogP contribution in [0.2, 0.25) is 0 Å². The van der Waals surface area contributed by atoms with Crippen molar-refractivity contribution in [3.63, 3.8) is 0 Å². The highest BCUT2D eigenvalue weighted by atomic mass is 31.2. The van der Waals surface area contributed by atoms with E-state index < -0.39 is 7.82 Å². The van der Waals surface area contributed by atoms with Gasteiger partial charge in [0.25, 0.3) is 0 Å². The molecule has 0 aliphatic rings. The number of benzene rings is 4. The van der Waals surface area contributed by atoms with Gasteiger partial charge in [0.1, 0.15) is 17.2 Å². The van der Waals surface area contributed by atoms with Crippen molar-refractivity contribution in [2.45, 2.75) is 19.3 Å². The zero-order chi connectivity index (χ0) is 22.4. The molecular weight excluding hydrogens is 419 g/mol. The van der Waals surface area contributed by atoms with Gasteiger partial charge in [-0.15, -0.1) is 0 Å². The van der Waals surface area contributed by atoms with Crippen molar-refractivity contribution in [1.29, 1.82) is 0 Å². The molecule has 0 amide bonds. The van der Waals surface area contributed by atoms with Crippen molar-refractivity contribution < 1.29 is 18.1 Å². The molecule has 0 unspecified atom stereocenters. The molecule has 0 aliphatic heterocycles. The topological polar surface area (TPSA) is 44.8 Å². The van der Waals surface area contributed by atoms with Gasteiger partial charge in [0, 0.05) is 5.41 Å². The Bertz CT molecular complexity index is 1130. The van der Waals surface area contributed by atoms with E-state index in [0.717, 1.165) is 5.56 Å². The van der Waals surface area contributed by atoms with E-state index in [9.17, 15) is 4.57 Å². The van der Waals surface area contributed by atoms with Gasteiger partial charge >= 0.3 is 7.82 Å². The second-order valence-corrected chi connectivity index (χ2v) is 9.30. The molecule has 0 saturated carbocycles. The Morgan fingerprint density at radius 2 is 0.844 bits per heavy atom. The lowest BCUT2D eigenvalue weighted by atomic mass is 9.78. The van der Waals surface area contributed by atoms with Crippen LogP contribution in [0.3, 0.4) is 0 Å². The predicted octanol–water partition coefficient (Wildman–Crippen LogP) is 7.66. The average molecular weight is 444 g/mol. The Hall–Kier alpha value is -3.49. The summed E-state index contributed by atoms with van der Waals surface area (Å²) >= 11 is 0. The van der Waals surface area contributed by atoms with Crippen molar-refractivity contribution in [3.8, 4) is 17.2 Å². The maximum atomic E-state index is 13.6. The molecule has 0 bridgehead atoms. The smallest absolute Gasteiger partial charge is 0.386 e. The summed E-state index contributed by atoms with van der Waals surface area (Å²) in [7, 11) is -4.00. The van der Waals surface area contributed by atoms with Crippen LogP contribution < -0.4 is 13.6 Å². The van der Waals surface area contributed by atoms with Gasteiger partial charge < -0.3 is 13.6 Å². The molecule has 0 radical (unpaired) electrons. The highest BCUT2D eigenvalue weighted by molar-refractivity contribution is 7.49. The highest BCUT2D eigenvalue weighted by Crippen LogP contribution is 2.49. The summed E-state index contributed by atoms with van der Waals surface area (Å²) in [6, 6.07) is 35.5. The molecule has 4 nitrogen and oxygen atoms in total. The quantitative estimate of drug-likeness (QED) is 0.262. The fourth-order valence-corrected chi connectivity index (χ4v) is 4.61. The van der Waals surface area contributed by atoms with Crippen LogP contribution in [0.4, 0.5) is 0 Å². The van der Waals surface area contributed by atoms with Crippen LogP contribution >= 0.6 is 7.82 Å². The van der Waals surface area contributed by atoms with Crippen molar-refractivity contribution in [2.75, 3.05) is 0 Å². The number of phosphoric acid groups is 1.